The molecule has 88 heavy (non-hydrogen) atoms. The number of anilines is 4. The van der Waals surface area contributed by atoms with E-state index < -0.39 is 156 Å². The van der Waals surface area contributed by atoms with Gasteiger partial charge < -0.3 is 81.9 Å². The second-order valence-corrected chi connectivity index (χ2v) is 25.5. The highest BCUT2D eigenvalue weighted by Gasteiger charge is 2.56. The van der Waals surface area contributed by atoms with Crippen molar-refractivity contribution in [2.24, 2.45) is 0 Å². The number of hydrogen-bond donors (Lipinski definition) is 12. The molecule has 5 aliphatic heterocycles. The minimum absolute atomic E-state index is 0.00900. The lowest BCUT2D eigenvalue weighted by Gasteiger charge is -2.27. The molecule has 472 valence electrons. The van der Waals surface area contributed by atoms with E-state index in [1.807, 2.05) is 0 Å². The van der Waals surface area contributed by atoms with E-state index in [1.54, 1.807) is 0 Å². The van der Waals surface area contributed by atoms with Crippen molar-refractivity contribution in [2.75, 3.05) is 49.4 Å². The summed E-state index contributed by atoms with van der Waals surface area (Å²) < 4.78 is 129. The van der Waals surface area contributed by atoms with Gasteiger partial charge in [-0.25, -0.2) is 78.1 Å². The fourth-order valence-corrected chi connectivity index (χ4v) is 14.3. The van der Waals surface area contributed by atoms with Crippen molar-refractivity contribution >= 4 is 99.2 Å². The second-order valence-electron chi connectivity index (χ2n) is 19.9. The van der Waals surface area contributed by atoms with Crippen molar-refractivity contribution in [3.05, 3.63) is 50.6 Å². The molecule has 0 aromatic carbocycles. The molecular weight excluding hydrogens is 1270 g/mol. The third kappa shape index (κ3) is 11.2. The zero-order valence-electron chi connectivity index (χ0n) is 44.0. The summed E-state index contributed by atoms with van der Waals surface area (Å²) in [6, 6.07) is 0. The first kappa shape index (κ1) is 60.4. The normalized spacial score (nSPS) is 38.3. The van der Waals surface area contributed by atoms with Gasteiger partial charge in [-0.15, -0.1) is 0 Å². The predicted molar refractivity (Wildman–Crippen MR) is 281 cm³/mol. The second kappa shape index (κ2) is 22.8. The van der Waals surface area contributed by atoms with Crippen LogP contribution in [-0.2, 0) is 73.4 Å². The summed E-state index contributed by atoms with van der Waals surface area (Å²) in [5.41, 5.74) is 23.8. The number of imidazole rings is 4. The summed E-state index contributed by atoms with van der Waals surface area (Å²) in [6.07, 6.45) is -22.5. The molecule has 13 rings (SSSR count). The number of aliphatic hydroxyl groups is 4. The molecule has 0 spiro atoms. The molecule has 4 unspecified atom stereocenters. The Morgan fingerprint density at radius 1 is 0.352 bits per heavy atom. The molecule has 5 aliphatic rings. The monoisotopic (exact) mass is 1320 g/mol. The third-order valence-electron chi connectivity index (χ3n) is 14.5. The number of phosphoric ester groups is 4. The number of nitrogen functional groups attached to an aromatic ring is 4. The summed E-state index contributed by atoms with van der Waals surface area (Å²) in [7, 11) is -22.7. The fourth-order valence-electron chi connectivity index (χ4n) is 10.5. The van der Waals surface area contributed by atoms with E-state index in [0.29, 0.717) is 0 Å². The van der Waals surface area contributed by atoms with Crippen LogP contribution in [0.15, 0.2) is 50.6 Å². The van der Waals surface area contributed by atoms with Gasteiger partial charge in [-0.05, 0) is 0 Å². The van der Waals surface area contributed by atoms with Crippen molar-refractivity contribution in [2.45, 2.75) is 98.2 Å². The summed E-state index contributed by atoms with van der Waals surface area (Å²) in [4.78, 5) is 94.5. The van der Waals surface area contributed by atoms with Crippen LogP contribution in [0.25, 0.3) is 44.7 Å². The molecule has 48 heteroatoms. The number of nitrogens with zero attached hydrogens (tertiary/aromatic N) is 16. The first-order chi connectivity index (χ1) is 41.8. The number of aromatic nitrogens is 16. The Balaban J connectivity index is 0.853. The van der Waals surface area contributed by atoms with Crippen LogP contribution in [-0.4, -0.2) is 218 Å². The topological polar surface area (TPSA) is 619 Å². The van der Waals surface area contributed by atoms with E-state index in [4.69, 9.17) is 78.1 Å². The van der Waals surface area contributed by atoms with Gasteiger partial charge in [-0.3, -0.25) is 54.5 Å². The van der Waals surface area contributed by atoms with Gasteiger partial charge in [-0.2, -0.15) is 0 Å². The number of nitrogens with two attached hydrogens (primary N) is 4. The van der Waals surface area contributed by atoms with Crippen LogP contribution in [0, 0.1) is 0 Å². The maximum absolute atomic E-state index is 14.2. The molecule has 44 nitrogen and oxygen atoms in total. The maximum atomic E-state index is 14.2. The molecule has 13 heterocycles. The van der Waals surface area contributed by atoms with Crippen LogP contribution in [0.4, 0.5) is 23.3 Å². The molecule has 0 bridgehead atoms. The number of phosphoric acid groups is 4. The molecule has 16 N–H and O–H groups in total. The molecule has 20 atom stereocenters. The quantitative estimate of drug-likeness (QED) is 0.0769. The number of fused-ring (bicyclic) bond motifs is 8. The van der Waals surface area contributed by atoms with Gasteiger partial charge in [0, 0.05) is 0 Å². The van der Waals surface area contributed by atoms with E-state index in [-0.39, 0.29) is 67.9 Å². The standard InChI is InChI=1S/C40H48N20O24P4/c41-29-17-33(49-5-45-29)57(9-53-17)37-21(61)25-13(77-37)1-73-85(65,66)82-26-14(78-38(22(26)62)58-10-54-18-30(42)46-6-50-34(18)58)2-75-87(69,70)84-28-16(80-40(24(28)64)60-12-56-20-32(44)48-8-52-36(20)60)4-76-88(71,72)83-27-15(3-74-86(67,68)81-25)79-39(23(27)63)59-11-55-19-31(43)47-7-51-35(19)59/h5-16,21-28,37-40,61-64H,1-4H2,(H,65,66)(H,67,68)(H,69,70)(H,71,72)(H2,41,45,49)(H2,42,46,50)(H2,43,47,51)(H2,44,48,52)/t13-,14-,15-,16-,21-,22-,23-,24-,25-,26-,27-,28-,37-,38-,39-,40-/m1/s1. The molecule has 5 saturated heterocycles. The molecule has 0 amide bonds. The Hall–Kier alpha value is -6.48. The third-order valence-corrected chi connectivity index (χ3v) is 18.5. The van der Waals surface area contributed by atoms with Gasteiger partial charge in [0.2, 0.25) is 0 Å². The Morgan fingerprint density at radius 2 is 0.557 bits per heavy atom. The average Bonchev–Trinajstić information content (AvgIpc) is 1.78. The molecule has 8 aromatic heterocycles. The van der Waals surface area contributed by atoms with Crippen LogP contribution in [0.3, 0.4) is 0 Å². The van der Waals surface area contributed by atoms with E-state index in [9.17, 15) is 58.3 Å². The summed E-state index contributed by atoms with van der Waals surface area (Å²) >= 11 is 0. The van der Waals surface area contributed by atoms with Gasteiger partial charge in [0.1, 0.15) is 121 Å². The predicted octanol–water partition coefficient (Wildman–Crippen LogP) is -3.27. The van der Waals surface area contributed by atoms with E-state index in [0.717, 1.165) is 68.9 Å². The molecule has 0 saturated carbocycles. The van der Waals surface area contributed by atoms with E-state index in [2.05, 4.69) is 59.8 Å². The summed E-state index contributed by atoms with van der Waals surface area (Å²) in [5.74, 6) is -0.450. The smallest absolute Gasteiger partial charge is 0.386 e. The van der Waals surface area contributed by atoms with Crippen LogP contribution in [0.2, 0.25) is 0 Å². The fraction of sp³-hybridized carbons (Fsp3) is 0.500. The SMILES string of the molecule is Nc1ncnc2c1ncn2[C@@H]1O[C@@H]2COP(=O)(O)O[C@H]3[C@@H](O)[C@H](n4cnc5c(N)ncnc54)O[C@@H]3COP(=O)(O)O[C@H]3[C@@H](O)[C@H](n4cnc5c(N)ncnc54)O[C@@H]3COP(=O)(O)O[C@H]3[C@@H](O)[C@H](n4cnc5c(N)ncnc54)O[C@@H]3COP(=O)(O)O[C@H]2[C@H]1O. The minimum Gasteiger partial charge on any atom is -0.386 e. The van der Waals surface area contributed by atoms with Crippen molar-refractivity contribution in [3.63, 3.8) is 0 Å². The highest BCUT2D eigenvalue weighted by molar-refractivity contribution is 7.48. The first-order valence-electron chi connectivity index (χ1n) is 25.5. The van der Waals surface area contributed by atoms with Crippen LogP contribution >= 0.6 is 31.3 Å². The lowest BCUT2D eigenvalue weighted by atomic mass is 10.1. The Morgan fingerprint density at radius 3 is 0.761 bits per heavy atom. The molecule has 5 fully saturated rings. The Kier molecular flexibility index (Phi) is 15.6. The average molecular weight is 1320 g/mol. The number of rotatable bonds is 4. The Bertz CT molecular complexity index is 3650. The Labute approximate surface area is 487 Å². The zero-order valence-corrected chi connectivity index (χ0v) is 47.6. The largest absolute Gasteiger partial charge is 0.472 e. The molecule has 8 aromatic rings. The van der Waals surface area contributed by atoms with Gasteiger partial charge in [0.25, 0.3) is 0 Å². The molecule has 0 aliphatic carbocycles. The first-order valence-corrected chi connectivity index (χ1v) is 31.5. The summed E-state index contributed by atoms with van der Waals surface area (Å²) in [5, 5.41) is 47.6. The maximum Gasteiger partial charge on any atom is 0.472 e. The van der Waals surface area contributed by atoms with Crippen molar-refractivity contribution in [3.8, 4) is 0 Å². The van der Waals surface area contributed by atoms with Gasteiger partial charge >= 0.3 is 31.3 Å². The summed E-state index contributed by atoms with van der Waals surface area (Å²) in [6.45, 7) is -4.76. The van der Waals surface area contributed by atoms with Crippen LogP contribution < -0.4 is 22.9 Å². The van der Waals surface area contributed by atoms with Crippen molar-refractivity contribution in [1.29, 1.82) is 0 Å². The van der Waals surface area contributed by atoms with Crippen LogP contribution in [0.5, 0.6) is 0 Å². The zero-order chi connectivity index (χ0) is 61.9. The lowest BCUT2D eigenvalue weighted by Crippen LogP contribution is -2.39. The number of hydrogen-bond acceptors (Lipinski definition) is 36. The lowest BCUT2D eigenvalue weighted by molar-refractivity contribution is -0.0662. The molecule has 0 radical (unpaired) electrons. The number of aliphatic hydroxyl groups excluding tert-OH is 4. The minimum atomic E-state index is -5.68. The van der Waals surface area contributed by atoms with E-state index >= 15 is 0 Å². The van der Waals surface area contributed by atoms with Crippen molar-refractivity contribution in [1.82, 2.24) is 78.1 Å². The highest BCUT2D eigenvalue weighted by atomic mass is 31.2. The highest BCUT2D eigenvalue weighted by Crippen LogP contribution is 2.56. The number of ether oxygens (including phenoxy) is 4. The van der Waals surface area contributed by atoms with Crippen LogP contribution in [0.1, 0.15) is 24.9 Å². The van der Waals surface area contributed by atoms with Gasteiger partial charge in [0.15, 0.2) is 70.8 Å². The molecular formula is C40H48N20O24P4. The van der Waals surface area contributed by atoms with Crippen molar-refractivity contribution < 1.29 is 113 Å². The van der Waals surface area contributed by atoms with Gasteiger partial charge in [-0.1, -0.05) is 0 Å². The van der Waals surface area contributed by atoms with E-state index in [1.165, 1.54) is 0 Å². The van der Waals surface area contributed by atoms with Gasteiger partial charge in [0.05, 0.1) is 51.7 Å².